The number of nitrogens with zero attached hydrogens (tertiary/aromatic N) is 1. The number of hydrogen-bond acceptors (Lipinski definition) is 5. The lowest BCUT2D eigenvalue weighted by Crippen LogP contribution is -2.34. The quantitative estimate of drug-likeness (QED) is 0.843. The van der Waals surface area contributed by atoms with Crippen LogP contribution in [0.1, 0.15) is 17.2 Å². The summed E-state index contributed by atoms with van der Waals surface area (Å²) in [6, 6.07) is 14.6. The van der Waals surface area contributed by atoms with Crippen LogP contribution in [0.5, 0.6) is 0 Å². The maximum Gasteiger partial charge on any atom is 0.328 e. The summed E-state index contributed by atoms with van der Waals surface area (Å²) in [5.41, 5.74) is 0.668. The number of nitrogens with one attached hydrogen (secondary N) is 1. The number of hydrogen-bond donors (Lipinski definition) is 1. The van der Waals surface area contributed by atoms with Crippen LogP contribution in [-0.4, -0.2) is 21.5 Å². The number of ether oxygens (including phenoxy) is 1. The molecule has 0 aromatic heterocycles. The van der Waals surface area contributed by atoms with E-state index in [1.54, 1.807) is 30.3 Å². The van der Waals surface area contributed by atoms with Gasteiger partial charge in [-0.25, -0.2) is 13.2 Å². The summed E-state index contributed by atoms with van der Waals surface area (Å²) >= 11 is 0. The van der Waals surface area contributed by atoms with Gasteiger partial charge in [0.15, 0.2) is 0 Å². The lowest BCUT2D eigenvalue weighted by Gasteiger charge is -2.17. The molecule has 1 unspecified atom stereocenters. The largest absolute Gasteiger partial charge is 0.468 e. The summed E-state index contributed by atoms with van der Waals surface area (Å²) in [7, 11) is -2.81. The number of sulfonamides is 1. The number of benzene rings is 2. The van der Waals surface area contributed by atoms with E-state index < -0.39 is 22.0 Å². The van der Waals surface area contributed by atoms with Gasteiger partial charge in [0.25, 0.3) is 0 Å². The molecule has 23 heavy (non-hydrogen) atoms. The van der Waals surface area contributed by atoms with Crippen molar-refractivity contribution in [1.29, 1.82) is 5.26 Å². The number of esters is 1. The van der Waals surface area contributed by atoms with E-state index in [-0.39, 0.29) is 10.5 Å². The van der Waals surface area contributed by atoms with Crippen LogP contribution in [0.15, 0.2) is 59.5 Å². The highest BCUT2D eigenvalue weighted by atomic mass is 32.2. The number of nitriles is 1. The van der Waals surface area contributed by atoms with Crippen LogP contribution in [0, 0.1) is 11.3 Å². The molecular weight excluding hydrogens is 316 g/mol. The third-order valence-corrected chi connectivity index (χ3v) is 4.54. The van der Waals surface area contributed by atoms with Crippen molar-refractivity contribution in [3.63, 3.8) is 0 Å². The molecule has 0 radical (unpaired) electrons. The highest BCUT2D eigenvalue weighted by molar-refractivity contribution is 7.89. The first-order chi connectivity index (χ1) is 11.0. The molecule has 0 aliphatic heterocycles. The molecule has 0 saturated heterocycles. The predicted octanol–water partition coefficient (Wildman–Crippen LogP) is 1.75. The molecule has 2 aromatic rings. The number of methoxy groups -OCH3 is 1. The van der Waals surface area contributed by atoms with Gasteiger partial charge in [0.2, 0.25) is 10.0 Å². The Kier molecular flexibility index (Phi) is 5.11. The van der Waals surface area contributed by atoms with Crippen molar-refractivity contribution in [3.05, 3.63) is 65.7 Å². The highest BCUT2D eigenvalue weighted by Crippen LogP contribution is 2.19. The smallest absolute Gasteiger partial charge is 0.328 e. The molecule has 0 spiro atoms. The summed E-state index contributed by atoms with van der Waals surface area (Å²) < 4.78 is 31.9. The molecule has 0 saturated carbocycles. The fraction of sp³-hybridized carbons (Fsp3) is 0.125. The second-order valence-corrected chi connectivity index (χ2v) is 6.34. The zero-order chi connectivity index (χ0) is 16.9. The fourth-order valence-corrected chi connectivity index (χ4v) is 3.19. The van der Waals surface area contributed by atoms with Gasteiger partial charge in [-0.1, -0.05) is 36.4 Å². The minimum atomic E-state index is -4.00. The molecule has 1 N–H and O–H groups in total. The van der Waals surface area contributed by atoms with Gasteiger partial charge in [-0.15, -0.1) is 0 Å². The normalized spacial score (nSPS) is 12.2. The Morgan fingerprint density at radius 3 is 2.48 bits per heavy atom. The van der Waals surface area contributed by atoms with E-state index in [1.165, 1.54) is 31.4 Å². The van der Waals surface area contributed by atoms with E-state index >= 15 is 0 Å². The van der Waals surface area contributed by atoms with Gasteiger partial charge in [0.05, 0.1) is 23.6 Å². The average Bonchev–Trinajstić information content (AvgIpc) is 2.60. The van der Waals surface area contributed by atoms with Crippen LogP contribution in [0.25, 0.3) is 0 Å². The van der Waals surface area contributed by atoms with Crippen LogP contribution >= 0.6 is 0 Å². The summed E-state index contributed by atoms with van der Waals surface area (Å²) in [5, 5.41) is 8.87. The molecule has 0 aliphatic carbocycles. The fourth-order valence-electron chi connectivity index (χ4n) is 1.97. The molecular formula is C16H14N2O4S. The molecule has 2 rings (SSSR count). The number of carbonyl (C=O) groups is 1. The van der Waals surface area contributed by atoms with Crippen molar-refractivity contribution in [2.45, 2.75) is 10.9 Å². The van der Waals surface area contributed by atoms with Crippen LogP contribution in [0.2, 0.25) is 0 Å². The van der Waals surface area contributed by atoms with Crippen LogP contribution in [0.3, 0.4) is 0 Å². The maximum atomic E-state index is 12.5. The monoisotopic (exact) mass is 330 g/mol. The second-order valence-electron chi connectivity index (χ2n) is 4.63. The minimum Gasteiger partial charge on any atom is -0.468 e. The van der Waals surface area contributed by atoms with Crippen LogP contribution in [0.4, 0.5) is 0 Å². The first kappa shape index (κ1) is 16.7. The average molecular weight is 330 g/mol. The number of carbonyl (C=O) groups excluding carboxylic acids is 1. The standard InChI is InChI=1S/C16H14N2O4S/c1-22-16(19)15(13-7-3-2-4-8-13)18-23(20,21)14-9-5-6-12(10-14)11-17/h2-10,15,18H,1H3. The Balaban J connectivity index is 2.39. The third-order valence-electron chi connectivity index (χ3n) is 3.12. The highest BCUT2D eigenvalue weighted by Gasteiger charge is 2.28. The zero-order valence-corrected chi connectivity index (χ0v) is 13.1. The van der Waals surface area contributed by atoms with E-state index in [1.807, 2.05) is 6.07 Å². The molecule has 0 heterocycles. The van der Waals surface area contributed by atoms with Crippen molar-refractivity contribution in [2.24, 2.45) is 0 Å². The molecule has 2 aromatic carbocycles. The molecule has 1 atom stereocenters. The lowest BCUT2D eigenvalue weighted by atomic mass is 10.1. The van der Waals surface area contributed by atoms with Crippen molar-refractivity contribution < 1.29 is 17.9 Å². The van der Waals surface area contributed by atoms with Gasteiger partial charge in [-0.3, -0.25) is 0 Å². The van der Waals surface area contributed by atoms with Crippen molar-refractivity contribution >= 4 is 16.0 Å². The van der Waals surface area contributed by atoms with Crippen molar-refractivity contribution in [3.8, 4) is 6.07 Å². The zero-order valence-electron chi connectivity index (χ0n) is 12.3. The summed E-state index contributed by atoms with van der Waals surface area (Å²) in [5.74, 6) is -0.726. The van der Waals surface area contributed by atoms with Gasteiger partial charge in [0, 0.05) is 0 Å². The lowest BCUT2D eigenvalue weighted by molar-refractivity contribution is -0.142. The van der Waals surface area contributed by atoms with Gasteiger partial charge in [-0.2, -0.15) is 9.98 Å². The molecule has 0 bridgehead atoms. The minimum absolute atomic E-state index is 0.0959. The second kappa shape index (κ2) is 7.05. The Labute approximate surface area is 134 Å². The van der Waals surface area contributed by atoms with Crippen LogP contribution < -0.4 is 4.72 Å². The van der Waals surface area contributed by atoms with Gasteiger partial charge >= 0.3 is 5.97 Å². The Bertz CT molecular complexity index is 842. The van der Waals surface area contributed by atoms with Gasteiger partial charge in [-0.05, 0) is 23.8 Å². The van der Waals surface area contributed by atoms with Gasteiger partial charge < -0.3 is 4.74 Å². The van der Waals surface area contributed by atoms with Crippen LogP contribution in [-0.2, 0) is 19.6 Å². The topological polar surface area (TPSA) is 96.3 Å². The molecule has 0 aliphatic rings. The summed E-state index contributed by atoms with van der Waals surface area (Å²) in [4.78, 5) is 11.8. The maximum absolute atomic E-state index is 12.5. The van der Waals surface area contributed by atoms with Crippen molar-refractivity contribution in [2.75, 3.05) is 7.11 Å². The van der Waals surface area contributed by atoms with E-state index in [2.05, 4.69) is 9.46 Å². The Morgan fingerprint density at radius 1 is 1.17 bits per heavy atom. The van der Waals surface area contributed by atoms with E-state index in [9.17, 15) is 13.2 Å². The molecule has 0 fully saturated rings. The summed E-state index contributed by atoms with van der Waals surface area (Å²) in [6.45, 7) is 0. The summed E-state index contributed by atoms with van der Waals surface area (Å²) in [6.07, 6.45) is 0. The molecule has 0 amide bonds. The Hall–Kier alpha value is -2.69. The first-order valence-corrected chi connectivity index (χ1v) is 8.11. The predicted molar refractivity (Wildman–Crippen MR) is 82.7 cm³/mol. The van der Waals surface area contributed by atoms with E-state index in [0.29, 0.717) is 5.56 Å². The molecule has 118 valence electrons. The molecule has 6 nitrogen and oxygen atoms in total. The third kappa shape index (κ3) is 3.94. The van der Waals surface area contributed by atoms with Crippen molar-refractivity contribution in [1.82, 2.24) is 4.72 Å². The first-order valence-electron chi connectivity index (χ1n) is 6.63. The SMILES string of the molecule is COC(=O)C(NS(=O)(=O)c1cccc(C#N)c1)c1ccccc1. The number of rotatable bonds is 5. The molecule has 7 heteroatoms. The Morgan fingerprint density at radius 2 is 1.87 bits per heavy atom. The van der Waals surface area contributed by atoms with E-state index in [4.69, 9.17) is 5.26 Å². The van der Waals surface area contributed by atoms with Gasteiger partial charge in [0.1, 0.15) is 6.04 Å². The van der Waals surface area contributed by atoms with E-state index in [0.717, 1.165) is 0 Å².